The van der Waals surface area contributed by atoms with Crippen LogP contribution in [0.25, 0.3) is 21.7 Å². The fourth-order valence-electron chi connectivity index (χ4n) is 3.80. The van der Waals surface area contributed by atoms with E-state index in [1.165, 1.54) is 29.7 Å². The van der Waals surface area contributed by atoms with E-state index in [0.29, 0.717) is 10.0 Å². The van der Waals surface area contributed by atoms with E-state index in [1.54, 1.807) is 6.07 Å². The lowest BCUT2D eigenvalue weighted by atomic mass is 10.1. The van der Waals surface area contributed by atoms with Crippen molar-refractivity contribution in [2.75, 3.05) is 5.32 Å². The highest BCUT2D eigenvalue weighted by atomic mass is 35.5. The average Bonchev–Trinajstić information content (AvgIpc) is 3.63. The molecule has 0 spiro atoms. The van der Waals surface area contributed by atoms with E-state index in [4.69, 9.17) is 16.3 Å². The number of carbonyl (C=O) groups is 1. The third-order valence-corrected chi connectivity index (χ3v) is 7.09. The molecule has 2 aromatic heterocycles. The summed E-state index contributed by atoms with van der Waals surface area (Å²) in [5, 5.41) is 2.84. The molecule has 0 aliphatic heterocycles. The summed E-state index contributed by atoms with van der Waals surface area (Å²) in [5.74, 6) is 0.742. The molecular weight excluding hydrogens is 452 g/mol. The SMILES string of the molecule is CC(OC(=O)Nc1cc(Cl)sc1-c1ccc(-c2ccc(C3CC3)cc2)nc1)c1ccccc1. The third-order valence-electron chi connectivity index (χ3n) is 5.77. The van der Waals surface area contributed by atoms with Crippen LogP contribution in [0.2, 0.25) is 4.34 Å². The summed E-state index contributed by atoms with van der Waals surface area (Å²) in [6.07, 6.45) is 3.52. The van der Waals surface area contributed by atoms with Crippen molar-refractivity contribution in [2.45, 2.75) is 31.8 Å². The second kappa shape index (κ2) is 9.38. The number of hydrogen-bond acceptors (Lipinski definition) is 4. The van der Waals surface area contributed by atoms with Crippen LogP contribution in [0.4, 0.5) is 10.5 Å². The van der Waals surface area contributed by atoms with Gasteiger partial charge in [0.25, 0.3) is 0 Å². The molecule has 6 heteroatoms. The van der Waals surface area contributed by atoms with Crippen molar-refractivity contribution >= 4 is 34.7 Å². The maximum atomic E-state index is 12.5. The van der Waals surface area contributed by atoms with Crippen LogP contribution in [0.3, 0.4) is 0 Å². The number of aromatic nitrogens is 1. The number of rotatable bonds is 6. The maximum absolute atomic E-state index is 12.5. The Hall–Kier alpha value is -3.15. The first-order chi connectivity index (χ1) is 16.1. The lowest BCUT2D eigenvalue weighted by Gasteiger charge is -2.14. The van der Waals surface area contributed by atoms with Gasteiger partial charge in [0.15, 0.2) is 0 Å². The Morgan fingerprint density at radius 3 is 2.45 bits per heavy atom. The molecular formula is C27H23ClN2O2S. The monoisotopic (exact) mass is 474 g/mol. The summed E-state index contributed by atoms with van der Waals surface area (Å²) in [6.45, 7) is 1.84. The van der Waals surface area contributed by atoms with Gasteiger partial charge in [0.1, 0.15) is 6.10 Å². The molecule has 166 valence electrons. The molecule has 1 saturated carbocycles. The standard InChI is InChI=1S/C27H23ClN2O2S/c1-17(18-5-3-2-4-6-18)32-27(31)30-24-15-25(28)33-26(24)22-13-14-23(29-16-22)21-11-9-20(10-12-21)19-7-8-19/h2-6,9-17,19H,7-8H2,1H3,(H,30,31). The average molecular weight is 475 g/mol. The molecule has 1 N–H and O–H groups in total. The molecule has 0 radical (unpaired) electrons. The molecule has 0 saturated heterocycles. The number of nitrogens with zero attached hydrogens (tertiary/aromatic N) is 1. The predicted octanol–water partition coefficient (Wildman–Crippen LogP) is 8.32. The molecule has 2 heterocycles. The zero-order valence-corrected chi connectivity index (χ0v) is 19.7. The Kier molecular flexibility index (Phi) is 6.16. The molecule has 1 amide bonds. The first-order valence-electron chi connectivity index (χ1n) is 11.0. The number of anilines is 1. The zero-order chi connectivity index (χ0) is 22.8. The second-order valence-corrected chi connectivity index (χ2v) is 9.89. The van der Waals surface area contributed by atoms with Gasteiger partial charge in [-0.2, -0.15) is 0 Å². The van der Waals surface area contributed by atoms with E-state index < -0.39 is 6.09 Å². The summed E-state index contributed by atoms with van der Waals surface area (Å²) in [7, 11) is 0. The van der Waals surface area contributed by atoms with Crippen LogP contribution in [-0.4, -0.2) is 11.1 Å². The minimum absolute atomic E-state index is 0.365. The Morgan fingerprint density at radius 2 is 1.79 bits per heavy atom. The van der Waals surface area contributed by atoms with E-state index in [0.717, 1.165) is 33.2 Å². The van der Waals surface area contributed by atoms with Gasteiger partial charge in [-0.25, -0.2) is 4.79 Å². The van der Waals surface area contributed by atoms with Crippen LogP contribution in [0.1, 0.15) is 42.9 Å². The van der Waals surface area contributed by atoms with Gasteiger partial charge in [0.2, 0.25) is 0 Å². The number of nitrogens with one attached hydrogen (secondary N) is 1. The smallest absolute Gasteiger partial charge is 0.412 e. The molecule has 5 rings (SSSR count). The molecule has 1 atom stereocenters. The van der Waals surface area contributed by atoms with Crippen LogP contribution >= 0.6 is 22.9 Å². The topological polar surface area (TPSA) is 51.2 Å². The number of pyridine rings is 1. The lowest BCUT2D eigenvalue weighted by molar-refractivity contribution is 0.121. The van der Waals surface area contributed by atoms with Gasteiger partial charge in [-0.3, -0.25) is 10.3 Å². The van der Waals surface area contributed by atoms with Crippen LogP contribution < -0.4 is 5.32 Å². The Morgan fingerprint density at radius 1 is 1.06 bits per heavy atom. The highest BCUT2D eigenvalue weighted by Crippen LogP contribution is 2.41. The van der Waals surface area contributed by atoms with Gasteiger partial charge in [-0.05, 0) is 55.0 Å². The molecule has 2 aromatic carbocycles. The quantitative estimate of drug-likeness (QED) is 0.305. The van der Waals surface area contributed by atoms with Crippen LogP contribution in [0.15, 0.2) is 79.0 Å². The van der Waals surface area contributed by atoms with E-state index in [2.05, 4.69) is 34.6 Å². The summed E-state index contributed by atoms with van der Waals surface area (Å²) >= 11 is 7.67. The van der Waals surface area contributed by atoms with Crippen molar-refractivity contribution < 1.29 is 9.53 Å². The molecule has 4 aromatic rings. The highest BCUT2D eigenvalue weighted by molar-refractivity contribution is 7.20. The van der Waals surface area contributed by atoms with Crippen molar-refractivity contribution in [3.8, 4) is 21.7 Å². The molecule has 1 aliphatic carbocycles. The Labute approximate surface area is 202 Å². The largest absolute Gasteiger partial charge is 0.441 e. The maximum Gasteiger partial charge on any atom is 0.412 e. The van der Waals surface area contributed by atoms with Crippen LogP contribution in [0, 0.1) is 0 Å². The molecule has 33 heavy (non-hydrogen) atoms. The molecule has 0 bridgehead atoms. The fraction of sp³-hybridized carbons (Fsp3) is 0.185. The number of carbonyl (C=O) groups excluding carboxylic acids is 1. The second-order valence-electron chi connectivity index (χ2n) is 8.20. The van der Waals surface area contributed by atoms with Crippen molar-refractivity contribution in [3.63, 3.8) is 0 Å². The normalized spacial score (nSPS) is 14.0. The van der Waals surface area contributed by atoms with E-state index in [9.17, 15) is 4.79 Å². The number of amides is 1. The van der Waals surface area contributed by atoms with Gasteiger partial charge < -0.3 is 4.74 Å². The van der Waals surface area contributed by atoms with Gasteiger partial charge in [0, 0.05) is 17.3 Å². The minimum Gasteiger partial charge on any atom is -0.441 e. The Bertz CT molecular complexity index is 1250. The van der Waals surface area contributed by atoms with E-state index in [-0.39, 0.29) is 6.10 Å². The summed E-state index contributed by atoms with van der Waals surface area (Å²) in [5.41, 5.74) is 5.84. The summed E-state index contributed by atoms with van der Waals surface area (Å²) < 4.78 is 6.12. The van der Waals surface area contributed by atoms with Crippen molar-refractivity contribution in [3.05, 3.63) is 94.5 Å². The molecule has 1 aliphatic rings. The number of hydrogen-bond donors (Lipinski definition) is 1. The minimum atomic E-state index is -0.526. The number of benzene rings is 2. The lowest BCUT2D eigenvalue weighted by Crippen LogP contribution is -2.16. The van der Waals surface area contributed by atoms with Gasteiger partial charge in [-0.1, -0.05) is 66.2 Å². The van der Waals surface area contributed by atoms with Crippen molar-refractivity contribution in [1.29, 1.82) is 0 Å². The van der Waals surface area contributed by atoms with Crippen molar-refractivity contribution in [1.82, 2.24) is 4.98 Å². The van der Waals surface area contributed by atoms with E-state index >= 15 is 0 Å². The molecule has 1 unspecified atom stereocenters. The van der Waals surface area contributed by atoms with Gasteiger partial charge in [0.05, 0.1) is 20.6 Å². The number of thiophene rings is 1. The Balaban J connectivity index is 1.30. The third kappa shape index (κ3) is 5.10. The van der Waals surface area contributed by atoms with Crippen molar-refractivity contribution in [2.24, 2.45) is 0 Å². The van der Waals surface area contributed by atoms with E-state index in [1.807, 2.05) is 55.6 Å². The van der Waals surface area contributed by atoms with Gasteiger partial charge in [-0.15, -0.1) is 11.3 Å². The van der Waals surface area contributed by atoms with Gasteiger partial charge >= 0.3 is 6.09 Å². The molecule has 4 nitrogen and oxygen atoms in total. The number of ether oxygens (including phenoxy) is 1. The zero-order valence-electron chi connectivity index (χ0n) is 18.1. The fourth-order valence-corrected chi connectivity index (χ4v) is 4.97. The molecule has 1 fully saturated rings. The summed E-state index contributed by atoms with van der Waals surface area (Å²) in [4.78, 5) is 18.0. The first kappa shape index (κ1) is 21.7. The van der Waals surface area contributed by atoms with Crippen LogP contribution in [-0.2, 0) is 4.74 Å². The van der Waals surface area contributed by atoms with Crippen LogP contribution in [0.5, 0.6) is 0 Å². The first-order valence-corrected chi connectivity index (χ1v) is 12.1. The number of halogens is 1. The highest BCUT2D eigenvalue weighted by Gasteiger charge is 2.23. The predicted molar refractivity (Wildman–Crippen MR) is 135 cm³/mol. The summed E-state index contributed by atoms with van der Waals surface area (Å²) in [6, 6.07) is 24.0.